The van der Waals surface area contributed by atoms with Gasteiger partial charge in [-0.25, -0.2) is 0 Å². The van der Waals surface area contributed by atoms with E-state index in [1.165, 1.54) is 27.8 Å². The van der Waals surface area contributed by atoms with Crippen LogP contribution in [0.15, 0.2) is 54.6 Å². The number of unbranched alkanes of at least 4 members (excludes halogenated alkanes) is 1. The van der Waals surface area contributed by atoms with E-state index in [0.717, 1.165) is 36.0 Å². The topological polar surface area (TPSA) is 20.3 Å². The van der Waals surface area contributed by atoms with Crippen molar-refractivity contribution in [3.05, 3.63) is 104 Å². The molecule has 0 heterocycles. The minimum Gasteiger partial charge on any atom is -0.334 e. The van der Waals surface area contributed by atoms with Crippen molar-refractivity contribution in [1.29, 1.82) is 0 Å². The van der Waals surface area contributed by atoms with E-state index < -0.39 is 0 Å². The number of carbonyl (C=O) groups excluding carboxylic acids is 1. The van der Waals surface area contributed by atoms with Gasteiger partial charge in [-0.05, 0) is 58.2 Å². The number of halogens is 2. The van der Waals surface area contributed by atoms with Gasteiger partial charge >= 0.3 is 0 Å². The smallest absolute Gasteiger partial charge is 0.257 e. The first-order chi connectivity index (χ1) is 16.9. The summed E-state index contributed by atoms with van der Waals surface area (Å²) >= 11 is 12.8. The lowest BCUT2D eigenvalue weighted by atomic mass is 10.1. The Morgan fingerprint density at radius 3 is 1.81 bits per heavy atom. The number of nitrogens with zero attached hydrogens (tertiary/aromatic N) is 2. The van der Waals surface area contributed by atoms with E-state index in [9.17, 15) is 4.79 Å². The van der Waals surface area contributed by atoms with Crippen molar-refractivity contribution in [1.82, 2.24) is 4.90 Å². The highest BCUT2D eigenvalue weighted by atomic mass is 35.5. The van der Waals surface area contributed by atoms with Crippen molar-refractivity contribution in [3.63, 3.8) is 0 Å². The summed E-state index contributed by atoms with van der Waals surface area (Å²) in [6.07, 6.45) is 1.93. The summed E-state index contributed by atoms with van der Waals surface area (Å²) in [7, 11) is 4.55. The molecule has 0 spiro atoms. The van der Waals surface area contributed by atoms with Gasteiger partial charge < -0.3 is 9.38 Å². The monoisotopic (exact) mass is 525 g/mol. The zero-order chi connectivity index (χ0) is 26.5. The summed E-state index contributed by atoms with van der Waals surface area (Å²) in [5.74, 6) is -0.117. The Labute approximate surface area is 227 Å². The molecule has 0 unspecified atom stereocenters. The molecule has 0 aliphatic carbocycles. The van der Waals surface area contributed by atoms with Gasteiger partial charge in [0, 0.05) is 18.7 Å². The summed E-state index contributed by atoms with van der Waals surface area (Å²) < 4.78 is 0.907. The van der Waals surface area contributed by atoms with E-state index in [-0.39, 0.29) is 5.91 Å². The third-order valence-electron chi connectivity index (χ3n) is 6.45. The Kier molecular flexibility index (Phi) is 9.63. The molecule has 0 aliphatic heterocycles. The Balaban J connectivity index is 1.70. The number of rotatable bonds is 10. The van der Waals surface area contributed by atoms with Crippen LogP contribution >= 0.6 is 23.2 Å². The van der Waals surface area contributed by atoms with E-state index in [1.807, 2.05) is 4.90 Å². The molecular weight excluding hydrogens is 487 g/mol. The minimum absolute atomic E-state index is 0.117. The summed E-state index contributed by atoms with van der Waals surface area (Å²) in [5.41, 5.74) is 7.88. The number of carbonyl (C=O) groups is 1. The van der Waals surface area contributed by atoms with Gasteiger partial charge in [0.2, 0.25) is 0 Å². The van der Waals surface area contributed by atoms with Gasteiger partial charge in [0.1, 0.15) is 6.54 Å². The Bertz CT molecular complexity index is 1160. The van der Waals surface area contributed by atoms with E-state index >= 15 is 0 Å². The number of quaternary nitrogens is 1. The molecule has 3 aromatic rings. The van der Waals surface area contributed by atoms with Gasteiger partial charge in [0.25, 0.3) is 5.91 Å². The van der Waals surface area contributed by atoms with Crippen LogP contribution in [-0.2, 0) is 13.1 Å². The maximum absolute atomic E-state index is 13.6. The Hall–Kier alpha value is -2.33. The predicted molar refractivity (Wildman–Crippen MR) is 153 cm³/mol. The van der Waals surface area contributed by atoms with Gasteiger partial charge in [-0.2, -0.15) is 0 Å². The van der Waals surface area contributed by atoms with Crippen LogP contribution in [0.2, 0.25) is 10.0 Å². The van der Waals surface area contributed by atoms with Crippen LogP contribution in [0, 0.1) is 27.7 Å². The van der Waals surface area contributed by atoms with Crippen molar-refractivity contribution in [3.8, 4) is 0 Å². The zero-order valence-electron chi connectivity index (χ0n) is 22.5. The first-order valence-electron chi connectivity index (χ1n) is 12.6. The second-order valence-corrected chi connectivity index (χ2v) is 11.7. The average Bonchev–Trinajstić information content (AvgIpc) is 2.73. The fourth-order valence-electron chi connectivity index (χ4n) is 5.07. The molecule has 0 saturated carbocycles. The molecule has 3 aromatic carbocycles. The van der Waals surface area contributed by atoms with Crippen LogP contribution in [0.3, 0.4) is 0 Å². The molecule has 1 amide bonds. The average molecular weight is 527 g/mol. The van der Waals surface area contributed by atoms with Crippen LogP contribution in [0.4, 0.5) is 0 Å². The zero-order valence-corrected chi connectivity index (χ0v) is 24.0. The van der Waals surface area contributed by atoms with Crippen LogP contribution in [0.25, 0.3) is 0 Å². The van der Waals surface area contributed by atoms with Crippen molar-refractivity contribution >= 4 is 29.1 Å². The summed E-state index contributed by atoms with van der Waals surface area (Å²) in [4.78, 5) is 15.5. The van der Waals surface area contributed by atoms with Crippen molar-refractivity contribution in [2.24, 2.45) is 0 Å². The molecule has 3 nitrogen and oxygen atoms in total. The van der Waals surface area contributed by atoms with Gasteiger partial charge in [0.15, 0.2) is 0 Å². The fraction of sp³-hybridized carbons (Fsp3) is 0.387. The largest absolute Gasteiger partial charge is 0.334 e. The highest BCUT2D eigenvalue weighted by molar-refractivity contribution is 6.39. The highest BCUT2D eigenvalue weighted by Crippen LogP contribution is 2.27. The number of amides is 1. The standard InChI is InChI=1S/C31H39Cl2N2O/c1-22-14-23(2)17-26(16-22)20-34(31(36)30-28(32)10-9-11-29(30)33)12-7-8-13-35(5,6)21-27-18-24(3)15-25(4)19-27/h9-11,14-19H,7-8,12-13,20-21H2,1-6H3/q+1. The first-order valence-corrected chi connectivity index (χ1v) is 13.4. The van der Waals surface area contributed by atoms with Crippen LogP contribution < -0.4 is 0 Å². The molecule has 0 atom stereocenters. The van der Waals surface area contributed by atoms with Gasteiger partial charge in [-0.15, -0.1) is 0 Å². The van der Waals surface area contributed by atoms with E-state index in [4.69, 9.17) is 23.2 Å². The molecular formula is C31H39Cl2N2O+. The Morgan fingerprint density at radius 1 is 0.778 bits per heavy atom. The number of benzene rings is 3. The van der Waals surface area contributed by atoms with E-state index in [0.29, 0.717) is 28.7 Å². The molecule has 0 aliphatic rings. The summed E-state index contributed by atoms with van der Waals surface area (Å²) in [6, 6.07) is 18.4. The van der Waals surface area contributed by atoms with Crippen LogP contribution in [-0.4, -0.2) is 42.5 Å². The normalized spacial score (nSPS) is 11.6. The third kappa shape index (κ3) is 8.09. The number of hydrogen-bond donors (Lipinski definition) is 0. The maximum atomic E-state index is 13.6. The fourth-order valence-corrected chi connectivity index (χ4v) is 5.63. The summed E-state index contributed by atoms with van der Waals surface area (Å²) in [6.45, 7) is 11.7. The lowest BCUT2D eigenvalue weighted by molar-refractivity contribution is -0.903. The molecule has 0 fully saturated rings. The van der Waals surface area contributed by atoms with E-state index in [2.05, 4.69) is 78.2 Å². The molecule has 36 heavy (non-hydrogen) atoms. The predicted octanol–water partition coefficient (Wildman–Crippen LogP) is 7.93. The molecule has 0 bridgehead atoms. The first kappa shape index (κ1) is 28.2. The van der Waals surface area contributed by atoms with Crippen LogP contribution in [0.1, 0.15) is 56.6 Å². The van der Waals surface area contributed by atoms with Crippen molar-refractivity contribution in [2.45, 2.75) is 53.6 Å². The van der Waals surface area contributed by atoms with E-state index in [1.54, 1.807) is 18.2 Å². The SMILES string of the molecule is Cc1cc(C)cc(CN(CCCC[N+](C)(C)Cc2cc(C)cc(C)c2)C(=O)c2c(Cl)cccc2Cl)c1. The van der Waals surface area contributed by atoms with Crippen molar-refractivity contribution < 1.29 is 9.28 Å². The second kappa shape index (κ2) is 12.3. The highest BCUT2D eigenvalue weighted by Gasteiger charge is 2.22. The summed E-state index contributed by atoms with van der Waals surface area (Å²) in [5, 5.41) is 0.786. The lowest BCUT2D eigenvalue weighted by Gasteiger charge is -2.31. The third-order valence-corrected chi connectivity index (χ3v) is 7.08. The molecule has 5 heteroatoms. The molecule has 0 radical (unpaired) electrons. The van der Waals surface area contributed by atoms with Gasteiger partial charge in [-0.1, -0.05) is 87.9 Å². The molecule has 0 N–H and O–H groups in total. The molecule has 3 rings (SSSR count). The number of hydrogen-bond acceptors (Lipinski definition) is 1. The molecule has 192 valence electrons. The molecule has 0 aromatic heterocycles. The Morgan fingerprint density at radius 2 is 1.28 bits per heavy atom. The van der Waals surface area contributed by atoms with Gasteiger partial charge in [-0.3, -0.25) is 4.79 Å². The van der Waals surface area contributed by atoms with Crippen LogP contribution in [0.5, 0.6) is 0 Å². The van der Waals surface area contributed by atoms with Crippen molar-refractivity contribution in [2.75, 3.05) is 27.2 Å². The number of aryl methyl sites for hydroxylation is 4. The lowest BCUT2D eigenvalue weighted by Crippen LogP contribution is -2.40. The minimum atomic E-state index is -0.117. The quantitative estimate of drug-likeness (QED) is 0.194. The second-order valence-electron chi connectivity index (χ2n) is 10.8. The molecule has 0 saturated heterocycles. The maximum Gasteiger partial charge on any atom is 0.257 e. The van der Waals surface area contributed by atoms with Gasteiger partial charge in [0.05, 0.1) is 36.2 Å².